The van der Waals surface area contributed by atoms with Crippen molar-refractivity contribution >= 4 is 12.4 Å². The number of hydrogen-bond donors (Lipinski definition) is 1. The van der Waals surface area contributed by atoms with Crippen LogP contribution in [0.5, 0.6) is 0 Å². The van der Waals surface area contributed by atoms with Crippen LogP contribution in [0, 0.1) is 5.92 Å². The van der Waals surface area contributed by atoms with Gasteiger partial charge in [-0.3, -0.25) is 0 Å². The first-order chi connectivity index (χ1) is 7.98. The van der Waals surface area contributed by atoms with Gasteiger partial charge in [-0.2, -0.15) is 13.2 Å². The minimum absolute atomic E-state index is 0. The third-order valence-corrected chi connectivity index (χ3v) is 3.53. The molecule has 2 rings (SSSR count). The molecule has 1 aliphatic carbocycles. The predicted molar refractivity (Wildman–Crippen MR) is 67.6 cm³/mol. The van der Waals surface area contributed by atoms with E-state index >= 15 is 0 Å². The Bertz CT molecular complexity index is 369. The molecule has 1 aromatic rings. The van der Waals surface area contributed by atoms with Crippen LogP contribution in [0.2, 0.25) is 0 Å². The van der Waals surface area contributed by atoms with Gasteiger partial charge < -0.3 is 5.73 Å². The monoisotopic (exact) mass is 279 g/mol. The van der Waals surface area contributed by atoms with Gasteiger partial charge in [-0.05, 0) is 36.5 Å². The van der Waals surface area contributed by atoms with Gasteiger partial charge in [0.2, 0.25) is 0 Å². The van der Waals surface area contributed by atoms with E-state index in [1.54, 1.807) is 0 Å². The van der Waals surface area contributed by atoms with E-state index in [0.29, 0.717) is 5.92 Å². The maximum Gasteiger partial charge on any atom is 0.416 e. The zero-order valence-electron chi connectivity index (χ0n) is 9.91. The molecule has 1 atom stereocenters. The number of halogens is 4. The van der Waals surface area contributed by atoms with E-state index in [1.807, 2.05) is 0 Å². The molecule has 1 saturated carbocycles. The molecule has 0 amide bonds. The highest BCUT2D eigenvalue weighted by atomic mass is 35.5. The Morgan fingerprint density at radius 3 is 2.00 bits per heavy atom. The SMILES string of the molecule is Cl.N[C@@H](c1ccc(C(F)(F)F)cc1)C1CCCC1. The van der Waals surface area contributed by atoms with Gasteiger partial charge in [-0.15, -0.1) is 12.4 Å². The third kappa shape index (κ3) is 3.39. The summed E-state index contributed by atoms with van der Waals surface area (Å²) in [5, 5.41) is 0. The Hall–Kier alpha value is -0.740. The van der Waals surface area contributed by atoms with Crippen LogP contribution >= 0.6 is 12.4 Å². The van der Waals surface area contributed by atoms with Crippen molar-refractivity contribution in [2.24, 2.45) is 11.7 Å². The van der Waals surface area contributed by atoms with Crippen LogP contribution in [-0.4, -0.2) is 0 Å². The van der Waals surface area contributed by atoms with Crippen LogP contribution in [0.1, 0.15) is 42.9 Å². The van der Waals surface area contributed by atoms with Crippen LogP contribution < -0.4 is 5.73 Å². The van der Waals surface area contributed by atoms with Gasteiger partial charge in [-0.1, -0.05) is 25.0 Å². The Morgan fingerprint density at radius 1 is 1.06 bits per heavy atom. The van der Waals surface area contributed by atoms with Crippen molar-refractivity contribution in [1.82, 2.24) is 0 Å². The second-order valence-electron chi connectivity index (χ2n) is 4.69. The molecule has 1 fully saturated rings. The molecule has 0 heterocycles. The minimum atomic E-state index is -4.27. The van der Waals surface area contributed by atoms with E-state index in [0.717, 1.165) is 30.5 Å². The summed E-state index contributed by atoms with van der Waals surface area (Å²) in [6.45, 7) is 0. The van der Waals surface area contributed by atoms with Crippen molar-refractivity contribution in [3.05, 3.63) is 35.4 Å². The molecule has 0 saturated heterocycles. The van der Waals surface area contributed by atoms with E-state index in [-0.39, 0.29) is 18.4 Å². The molecule has 1 nitrogen and oxygen atoms in total. The predicted octanol–water partition coefficient (Wildman–Crippen LogP) is 4.32. The summed E-state index contributed by atoms with van der Waals surface area (Å²) in [5.41, 5.74) is 6.28. The van der Waals surface area contributed by atoms with Gasteiger partial charge in [0.25, 0.3) is 0 Å². The quantitative estimate of drug-likeness (QED) is 0.857. The van der Waals surface area contributed by atoms with Gasteiger partial charge >= 0.3 is 6.18 Å². The first kappa shape index (κ1) is 15.3. The minimum Gasteiger partial charge on any atom is -0.324 e. The molecule has 0 aromatic heterocycles. The molecule has 18 heavy (non-hydrogen) atoms. The Kier molecular flexibility index (Phi) is 5.05. The molecule has 5 heteroatoms. The van der Waals surface area contributed by atoms with Crippen molar-refractivity contribution in [2.45, 2.75) is 37.9 Å². The van der Waals surface area contributed by atoms with Crippen LogP contribution in [0.4, 0.5) is 13.2 Å². The maximum absolute atomic E-state index is 12.4. The normalized spacial score (nSPS) is 18.4. The number of rotatable bonds is 2. The highest BCUT2D eigenvalue weighted by molar-refractivity contribution is 5.85. The van der Waals surface area contributed by atoms with Gasteiger partial charge in [0.15, 0.2) is 0 Å². The van der Waals surface area contributed by atoms with Gasteiger partial charge in [-0.25, -0.2) is 0 Å². The first-order valence-corrected chi connectivity index (χ1v) is 5.91. The van der Waals surface area contributed by atoms with E-state index in [1.165, 1.54) is 25.0 Å². The molecule has 102 valence electrons. The average Bonchev–Trinajstić information content (AvgIpc) is 2.80. The summed E-state index contributed by atoms with van der Waals surface area (Å²) in [5.74, 6) is 0.423. The van der Waals surface area contributed by atoms with Crippen molar-refractivity contribution < 1.29 is 13.2 Å². The third-order valence-electron chi connectivity index (χ3n) is 3.53. The molecular formula is C13H17ClF3N. The van der Waals surface area contributed by atoms with Gasteiger partial charge in [0.1, 0.15) is 0 Å². The summed E-state index contributed by atoms with van der Waals surface area (Å²) in [6.07, 6.45) is 0.262. The van der Waals surface area contributed by atoms with Gasteiger partial charge in [0, 0.05) is 6.04 Å². The lowest BCUT2D eigenvalue weighted by Gasteiger charge is -2.19. The van der Waals surface area contributed by atoms with E-state index in [4.69, 9.17) is 5.73 Å². The summed E-state index contributed by atoms with van der Waals surface area (Å²) < 4.78 is 37.2. The number of alkyl halides is 3. The lowest BCUT2D eigenvalue weighted by Crippen LogP contribution is -2.19. The van der Waals surface area contributed by atoms with E-state index in [2.05, 4.69) is 0 Å². The Labute approximate surface area is 111 Å². The highest BCUT2D eigenvalue weighted by Crippen LogP contribution is 2.35. The molecule has 0 radical (unpaired) electrons. The number of hydrogen-bond acceptors (Lipinski definition) is 1. The fourth-order valence-electron chi connectivity index (χ4n) is 2.48. The molecule has 0 spiro atoms. The lowest BCUT2D eigenvalue weighted by molar-refractivity contribution is -0.137. The van der Waals surface area contributed by atoms with Crippen LogP contribution in [0.3, 0.4) is 0 Å². The molecular weight excluding hydrogens is 263 g/mol. The first-order valence-electron chi connectivity index (χ1n) is 5.91. The second-order valence-corrected chi connectivity index (χ2v) is 4.69. The molecule has 0 unspecified atom stereocenters. The number of nitrogens with two attached hydrogens (primary N) is 1. The van der Waals surface area contributed by atoms with Crippen LogP contribution in [0.15, 0.2) is 24.3 Å². The van der Waals surface area contributed by atoms with Crippen molar-refractivity contribution in [2.75, 3.05) is 0 Å². The lowest BCUT2D eigenvalue weighted by atomic mass is 9.92. The topological polar surface area (TPSA) is 26.0 Å². The van der Waals surface area contributed by atoms with Crippen LogP contribution in [0.25, 0.3) is 0 Å². The van der Waals surface area contributed by atoms with Crippen molar-refractivity contribution in [3.8, 4) is 0 Å². The average molecular weight is 280 g/mol. The molecule has 0 aliphatic heterocycles. The smallest absolute Gasteiger partial charge is 0.324 e. The maximum atomic E-state index is 12.4. The van der Waals surface area contributed by atoms with E-state index < -0.39 is 11.7 Å². The standard InChI is InChI=1S/C13H16F3N.ClH/c14-13(15,16)11-7-5-10(6-8-11)12(17)9-3-1-2-4-9;/h5-9,12H,1-4,17H2;1H/t12-;/m1./s1. The molecule has 1 aromatic carbocycles. The van der Waals surface area contributed by atoms with E-state index in [9.17, 15) is 13.2 Å². The fraction of sp³-hybridized carbons (Fsp3) is 0.538. The summed E-state index contributed by atoms with van der Waals surface area (Å²) in [4.78, 5) is 0. The Balaban J connectivity index is 0.00000162. The molecule has 1 aliphatic rings. The van der Waals surface area contributed by atoms with Crippen molar-refractivity contribution in [3.63, 3.8) is 0 Å². The Morgan fingerprint density at radius 2 is 1.56 bits per heavy atom. The summed E-state index contributed by atoms with van der Waals surface area (Å²) >= 11 is 0. The largest absolute Gasteiger partial charge is 0.416 e. The molecule has 2 N–H and O–H groups in total. The number of benzene rings is 1. The zero-order chi connectivity index (χ0) is 12.5. The van der Waals surface area contributed by atoms with Gasteiger partial charge in [0.05, 0.1) is 5.56 Å². The zero-order valence-corrected chi connectivity index (χ0v) is 10.7. The summed E-state index contributed by atoms with van der Waals surface area (Å²) in [6, 6.07) is 5.12. The van der Waals surface area contributed by atoms with Crippen LogP contribution in [-0.2, 0) is 6.18 Å². The molecule has 0 bridgehead atoms. The fourth-order valence-corrected chi connectivity index (χ4v) is 2.48. The highest BCUT2D eigenvalue weighted by Gasteiger charge is 2.30. The van der Waals surface area contributed by atoms with Crippen molar-refractivity contribution in [1.29, 1.82) is 0 Å². The summed E-state index contributed by atoms with van der Waals surface area (Å²) in [7, 11) is 0. The second kappa shape index (κ2) is 5.93.